The third kappa shape index (κ3) is 3.72. The summed E-state index contributed by atoms with van der Waals surface area (Å²) in [5.41, 5.74) is 6.48. The maximum Gasteiger partial charge on any atom is 0.137 e. The summed E-state index contributed by atoms with van der Waals surface area (Å²) in [4.78, 5) is 0.801. The van der Waals surface area contributed by atoms with Crippen LogP contribution in [-0.4, -0.2) is 11.8 Å². The Morgan fingerprint density at radius 1 is 1.39 bits per heavy atom. The van der Waals surface area contributed by atoms with Gasteiger partial charge in [-0.05, 0) is 49.4 Å². The minimum atomic E-state index is -0.0795. The van der Waals surface area contributed by atoms with Crippen molar-refractivity contribution in [2.45, 2.75) is 49.2 Å². The van der Waals surface area contributed by atoms with Gasteiger partial charge in [0.25, 0.3) is 0 Å². The lowest BCUT2D eigenvalue weighted by Gasteiger charge is -2.26. The second-order valence-electron chi connectivity index (χ2n) is 5.32. The number of hydrogen-bond acceptors (Lipinski definition) is 2. The summed E-state index contributed by atoms with van der Waals surface area (Å²) in [6, 6.07) is 5.57. The van der Waals surface area contributed by atoms with Gasteiger partial charge >= 0.3 is 0 Å². The van der Waals surface area contributed by atoms with Gasteiger partial charge in [0.1, 0.15) is 5.82 Å². The van der Waals surface area contributed by atoms with Gasteiger partial charge in [-0.1, -0.05) is 25.8 Å². The highest BCUT2D eigenvalue weighted by Crippen LogP contribution is 2.37. The van der Waals surface area contributed by atoms with Crippen molar-refractivity contribution in [2.24, 2.45) is 11.7 Å². The molecule has 0 saturated heterocycles. The molecule has 1 nitrogen and oxygen atoms in total. The molecule has 100 valence electrons. The zero-order valence-electron chi connectivity index (χ0n) is 11.0. The molecule has 18 heavy (non-hydrogen) atoms. The van der Waals surface area contributed by atoms with Crippen LogP contribution in [0.1, 0.15) is 38.2 Å². The second-order valence-corrected chi connectivity index (χ2v) is 6.66. The Kier molecular flexibility index (Phi) is 5.07. The van der Waals surface area contributed by atoms with Crippen LogP contribution in [0.25, 0.3) is 0 Å². The molecule has 3 heteroatoms. The third-order valence-electron chi connectivity index (χ3n) is 3.61. The van der Waals surface area contributed by atoms with Crippen molar-refractivity contribution in [2.75, 3.05) is 6.54 Å². The molecule has 0 radical (unpaired) electrons. The van der Waals surface area contributed by atoms with Gasteiger partial charge in [0.2, 0.25) is 0 Å². The third-order valence-corrected chi connectivity index (χ3v) is 4.96. The Bertz CT molecular complexity index is 394. The molecule has 2 atom stereocenters. The zero-order chi connectivity index (χ0) is 13.0. The van der Waals surface area contributed by atoms with Gasteiger partial charge in [-0.3, -0.25) is 0 Å². The molecular weight excluding hydrogens is 245 g/mol. The molecule has 0 heterocycles. The predicted octanol–water partition coefficient (Wildman–Crippen LogP) is 4.00. The summed E-state index contributed by atoms with van der Waals surface area (Å²) in [5.74, 6) is 0.708. The normalized spacial score (nSPS) is 24.2. The van der Waals surface area contributed by atoms with Gasteiger partial charge in [0, 0.05) is 10.1 Å². The smallest absolute Gasteiger partial charge is 0.137 e. The van der Waals surface area contributed by atoms with Crippen LogP contribution in [0.5, 0.6) is 0 Å². The summed E-state index contributed by atoms with van der Waals surface area (Å²) in [5, 5.41) is 0.587. The van der Waals surface area contributed by atoms with Gasteiger partial charge in [-0.2, -0.15) is 0 Å². The second kappa shape index (κ2) is 6.58. The Labute approximate surface area is 113 Å². The number of halogens is 1. The summed E-state index contributed by atoms with van der Waals surface area (Å²) in [6.07, 6.45) is 5.80. The quantitative estimate of drug-likeness (QED) is 0.892. The molecule has 0 amide bonds. The zero-order valence-corrected chi connectivity index (χ0v) is 11.8. The van der Waals surface area contributed by atoms with E-state index in [9.17, 15) is 4.39 Å². The topological polar surface area (TPSA) is 26.0 Å². The van der Waals surface area contributed by atoms with Crippen LogP contribution >= 0.6 is 11.8 Å². The van der Waals surface area contributed by atoms with E-state index in [1.54, 1.807) is 17.8 Å². The number of rotatable bonds is 4. The van der Waals surface area contributed by atoms with Gasteiger partial charge in [0.05, 0.1) is 0 Å². The minimum absolute atomic E-state index is 0.0795. The summed E-state index contributed by atoms with van der Waals surface area (Å²) >= 11 is 1.72. The van der Waals surface area contributed by atoms with Crippen molar-refractivity contribution in [3.8, 4) is 0 Å². The molecule has 0 aromatic heterocycles. The van der Waals surface area contributed by atoms with Gasteiger partial charge < -0.3 is 5.73 Å². The fourth-order valence-corrected chi connectivity index (χ4v) is 4.01. The highest BCUT2D eigenvalue weighted by molar-refractivity contribution is 8.00. The number of hydrogen-bond donors (Lipinski definition) is 1. The summed E-state index contributed by atoms with van der Waals surface area (Å²) in [7, 11) is 0. The molecule has 0 aliphatic heterocycles. The van der Waals surface area contributed by atoms with E-state index in [0.717, 1.165) is 22.8 Å². The van der Waals surface area contributed by atoms with Crippen LogP contribution in [0.4, 0.5) is 4.39 Å². The molecule has 1 aliphatic rings. The molecule has 2 rings (SSSR count). The van der Waals surface area contributed by atoms with E-state index >= 15 is 0 Å². The van der Waals surface area contributed by atoms with Crippen molar-refractivity contribution >= 4 is 11.8 Å². The molecule has 0 spiro atoms. The maximum atomic E-state index is 14.0. The van der Waals surface area contributed by atoms with E-state index in [1.165, 1.54) is 25.7 Å². The number of nitrogens with two attached hydrogens (primary N) is 1. The van der Waals surface area contributed by atoms with Crippen LogP contribution in [0.3, 0.4) is 0 Å². The van der Waals surface area contributed by atoms with E-state index in [-0.39, 0.29) is 5.82 Å². The van der Waals surface area contributed by atoms with E-state index in [0.29, 0.717) is 11.8 Å². The van der Waals surface area contributed by atoms with Crippen LogP contribution in [-0.2, 0) is 6.42 Å². The molecule has 2 unspecified atom stereocenters. The monoisotopic (exact) mass is 267 g/mol. The lowest BCUT2D eigenvalue weighted by atomic mass is 9.91. The standard InChI is InChI=1S/C15H22FNS/c1-11-3-2-4-13(9-11)18-15-6-5-12(7-8-17)10-14(15)16/h5-6,10-11,13H,2-4,7-9,17H2,1H3. The van der Waals surface area contributed by atoms with Crippen LogP contribution < -0.4 is 5.73 Å². The molecule has 1 aliphatic carbocycles. The van der Waals surface area contributed by atoms with Crippen molar-refractivity contribution in [1.29, 1.82) is 0 Å². The fourth-order valence-electron chi connectivity index (χ4n) is 2.63. The molecule has 2 N–H and O–H groups in total. The highest BCUT2D eigenvalue weighted by atomic mass is 32.2. The lowest BCUT2D eigenvalue weighted by molar-refractivity contribution is 0.394. The number of benzene rings is 1. The van der Waals surface area contributed by atoms with E-state index in [2.05, 4.69) is 6.92 Å². The van der Waals surface area contributed by atoms with E-state index in [1.807, 2.05) is 12.1 Å². The van der Waals surface area contributed by atoms with Crippen molar-refractivity contribution in [3.63, 3.8) is 0 Å². The Balaban J connectivity index is 2.00. The average molecular weight is 267 g/mol. The molecule has 1 aromatic rings. The molecule has 1 saturated carbocycles. The largest absolute Gasteiger partial charge is 0.330 e. The van der Waals surface area contributed by atoms with Crippen molar-refractivity contribution in [1.82, 2.24) is 0 Å². The van der Waals surface area contributed by atoms with E-state index in [4.69, 9.17) is 5.73 Å². The summed E-state index contributed by atoms with van der Waals surface area (Å²) < 4.78 is 14.0. The molecule has 1 fully saturated rings. The minimum Gasteiger partial charge on any atom is -0.330 e. The predicted molar refractivity (Wildman–Crippen MR) is 76.4 cm³/mol. The first-order chi connectivity index (χ1) is 8.69. The highest BCUT2D eigenvalue weighted by Gasteiger charge is 2.20. The lowest BCUT2D eigenvalue weighted by Crippen LogP contribution is -2.15. The summed E-state index contributed by atoms with van der Waals surface area (Å²) in [6.45, 7) is 2.87. The van der Waals surface area contributed by atoms with E-state index < -0.39 is 0 Å². The Hall–Kier alpha value is -0.540. The first kappa shape index (κ1) is 13.9. The van der Waals surface area contributed by atoms with Gasteiger partial charge in [-0.25, -0.2) is 4.39 Å². The van der Waals surface area contributed by atoms with Crippen molar-refractivity contribution in [3.05, 3.63) is 29.6 Å². The van der Waals surface area contributed by atoms with Crippen LogP contribution in [0.2, 0.25) is 0 Å². The molecule has 0 bridgehead atoms. The Morgan fingerprint density at radius 2 is 2.22 bits per heavy atom. The maximum absolute atomic E-state index is 14.0. The average Bonchev–Trinajstić information content (AvgIpc) is 2.33. The van der Waals surface area contributed by atoms with Crippen molar-refractivity contribution < 1.29 is 4.39 Å². The van der Waals surface area contributed by atoms with Gasteiger partial charge in [-0.15, -0.1) is 11.8 Å². The fraction of sp³-hybridized carbons (Fsp3) is 0.600. The molecule has 1 aromatic carbocycles. The first-order valence-electron chi connectivity index (χ1n) is 6.84. The SMILES string of the molecule is CC1CCCC(Sc2ccc(CCN)cc2F)C1. The first-order valence-corrected chi connectivity index (χ1v) is 7.72. The van der Waals surface area contributed by atoms with Crippen LogP contribution in [0.15, 0.2) is 23.1 Å². The Morgan fingerprint density at radius 3 is 2.89 bits per heavy atom. The van der Waals surface area contributed by atoms with Crippen LogP contribution in [0, 0.1) is 11.7 Å². The molecular formula is C15H22FNS. The van der Waals surface area contributed by atoms with Gasteiger partial charge in [0.15, 0.2) is 0 Å². The number of thioether (sulfide) groups is 1.